The van der Waals surface area contributed by atoms with Gasteiger partial charge in [0.1, 0.15) is 5.69 Å². The van der Waals surface area contributed by atoms with Crippen LogP contribution in [0.5, 0.6) is 0 Å². The molecule has 2 heterocycles. The highest BCUT2D eigenvalue weighted by Gasteiger charge is 2.26. The molecule has 0 spiro atoms. The standard InChI is InChI=1S/C20H25N3O5/c1-5-23-17-7-6-15(8-16(17)21-14(4)19(23)25)20(26)27-11-18(24)22-9-12(2)28-13(3)10-22/h6-8,12-13H,5,9-11H2,1-4H3/t12-,13-/m0/s1. The molecule has 8 nitrogen and oxygen atoms in total. The Balaban J connectivity index is 1.72. The van der Waals surface area contributed by atoms with Crippen molar-refractivity contribution in [3.05, 3.63) is 39.8 Å². The van der Waals surface area contributed by atoms with Crippen molar-refractivity contribution in [1.29, 1.82) is 0 Å². The third-order valence-electron chi connectivity index (χ3n) is 4.76. The van der Waals surface area contributed by atoms with Gasteiger partial charge in [-0.1, -0.05) is 0 Å². The van der Waals surface area contributed by atoms with Crippen LogP contribution in [0.4, 0.5) is 0 Å². The van der Waals surface area contributed by atoms with Crippen molar-refractivity contribution in [2.75, 3.05) is 19.7 Å². The second-order valence-corrected chi connectivity index (χ2v) is 7.08. The van der Waals surface area contributed by atoms with Crippen LogP contribution in [0, 0.1) is 6.92 Å². The van der Waals surface area contributed by atoms with Crippen LogP contribution in [-0.4, -0.2) is 58.2 Å². The van der Waals surface area contributed by atoms with Crippen molar-refractivity contribution in [3.8, 4) is 0 Å². The van der Waals surface area contributed by atoms with Gasteiger partial charge in [-0.15, -0.1) is 0 Å². The minimum absolute atomic E-state index is 0.0469. The highest BCUT2D eigenvalue weighted by molar-refractivity contribution is 5.94. The fourth-order valence-corrected chi connectivity index (χ4v) is 3.50. The highest BCUT2D eigenvalue weighted by atomic mass is 16.5. The Hall–Kier alpha value is -2.74. The number of rotatable bonds is 4. The molecular weight excluding hydrogens is 362 g/mol. The van der Waals surface area contributed by atoms with Gasteiger partial charge in [-0.05, 0) is 45.9 Å². The van der Waals surface area contributed by atoms with Crippen molar-refractivity contribution in [2.24, 2.45) is 0 Å². The van der Waals surface area contributed by atoms with Gasteiger partial charge in [0.05, 0.1) is 28.8 Å². The van der Waals surface area contributed by atoms with E-state index in [9.17, 15) is 14.4 Å². The molecule has 150 valence electrons. The predicted molar refractivity (Wildman–Crippen MR) is 103 cm³/mol. The van der Waals surface area contributed by atoms with Gasteiger partial charge in [-0.25, -0.2) is 9.78 Å². The number of aromatic nitrogens is 2. The molecule has 3 rings (SSSR count). The quantitative estimate of drug-likeness (QED) is 0.739. The van der Waals surface area contributed by atoms with Gasteiger partial charge in [0.25, 0.3) is 11.5 Å². The Morgan fingerprint density at radius 2 is 1.93 bits per heavy atom. The van der Waals surface area contributed by atoms with Crippen LogP contribution in [0.25, 0.3) is 11.0 Å². The normalized spacial score (nSPS) is 19.6. The van der Waals surface area contributed by atoms with E-state index in [1.807, 2.05) is 20.8 Å². The average Bonchev–Trinajstić information content (AvgIpc) is 2.65. The molecule has 28 heavy (non-hydrogen) atoms. The van der Waals surface area contributed by atoms with Gasteiger partial charge in [0.2, 0.25) is 0 Å². The number of benzene rings is 1. The number of hydrogen-bond acceptors (Lipinski definition) is 6. The van der Waals surface area contributed by atoms with Crippen molar-refractivity contribution in [3.63, 3.8) is 0 Å². The van der Waals surface area contributed by atoms with Crippen molar-refractivity contribution in [1.82, 2.24) is 14.5 Å². The SMILES string of the molecule is CCn1c(=O)c(C)nc2cc(C(=O)OCC(=O)N3C[C@H](C)O[C@@H](C)C3)ccc21. The average molecular weight is 387 g/mol. The first-order valence-electron chi connectivity index (χ1n) is 9.41. The first-order chi connectivity index (χ1) is 13.3. The molecule has 1 saturated heterocycles. The molecule has 0 bridgehead atoms. The second kappa shape index (κ2) is 8.10. The van der Waals surface area contributed by atoms with Gasteiger partial charge in [-0.3, -0.25) is 9.59 Å². The summed E-state index contributed by atoms with van der Waals surface area (Å²) in [5.74, 6) is -0.844. The molecule has 1 amide bonds. The summed E-state index contributed by atoms with van der Waals surface area (Å²) in [4.78, 5) is 42.8. The summed E-state index contributed by atoms with van der Waals surface area (Å²) in [6.07, 6.45) is -0.0938. The lowest BCUT2D eigenvalue weighted by atomic mass is 10.2. The number of carbonyl (C=O) groups excluding carboxylic acids is 2. The van der Waals surface area contributed by atoms with E-state index in [-0.39, 0.29) is 35.8 Å². The topological polar surface area (TPSA) is 90.7 Å². The zero-order valence-corrected chi connectivity index (χ0v) is 16.6. The number of carbonyl (C=O) groups is 2. The molecule has 1 aliphatic heterocycles. The lowest BCUT2D eigenvalue weighted by molar-refractivity contribution is -0.146. The van der Waals surface area contributed by atoms with E-state index in [4.69, 9.17) is 9.47 Å². The predicted octanol–water partition coefficient (Wildman–Crippen LogP) is 1.52. The summed E-state index contributed by atoms with van der Waals surface area (Å²) in [6.45, 7) is 8.47. The third kappa shape index (κ3) is 4.06. The molecule has 1 fully saturated rings. The van der Waals surface area contributed by atoms with E-state index in [2.05, 4.69) is 4.98 Å². The first kappa shape index (κ1) is 20.0. The van der Waals surface area contributed by atoms with Gasteiger partial charge in [0.15, 0.2) is 6.61 Å². The zero-order valence-electron chi connectivity index (χ0n) is 16.6. The smallest absolute Gasteiger partial charge is 0.338 e. The van der Waals surface area contributed by atoms with Crippen molar-refractivity contribution < 1.29 is 19.1 Å². The van der Waals surface area contributed by atoms with Crippen LogP contribution < -0.4 is 5.56 Å². The van der Waals surface area contributed by atoms with E-state index >= 15 is 0 Å². The zero-order chi connectivity index (χ0) is 20.4. The highest BCUT2D eigenvalue weighted by Crippen LogP contribution is 2.15. The number of fused-ring (bicyclic) bond motifs is 1. The third-order valence-corrected chi connectivity index (χ3v) is 4.76. The van der Waals surface area contributed by atoms with Crippen molar-refractivity contribution >= 4 is 22.9 Å². The Kier molecular flexibility index (Phi) is 5.79. The molecule has 1 aliphatic rings. The van der Waals surface area contributed by atoms with Crippen LogP contribution in [0.1, 0.15) is 36.8 Å². The summed E-state index contributed by atoms with van der Waals surface area (Å²) in [5.41, 5.74) is 1.70. The Labute approximate surface area is 163 Å². The molecule has 0 saturated carbocycles. The van der Waals surface area contributed by atoms with Crippen LogP contribution in [0.2, 0.25) is 0 Å². The van der Waals surface area contributed by atoms with Gasteiger partial charge in [-0.2, -0.15) is 0 Å². The fourth-order valence-electron chi connectivity index (χ4n) is 3.50. The number of nitrogens with zero attached hydrogens (tertiary/aromatic N) is 3. The molecule has 0 aliphatic carbocycles. The second-order valence-electron chi connectivity index (χ2n) is 7.08. The molecular formula is C20H25N3O5. The van der Waals surface area contributed by atoms with Gasteiger partial charge in [0, 0.05) is 19.6 Å². The van der Waals surface area contributed by atoms with Crippen LogP contribution in [0.3, 0.4) is 0 Å². The number of morpholine rings is 1. The minimum atomic E-state index is -0.599. The Morgan fingerprint density at radius 1 is 1.25 bits per heavy atom. The summed E-state index contributed by atoms with van der Waals surface area (Å²) in [6, 6.07) is 4.84. The van der Waals surface area contributed by atoms with Crippen LogP contribution >= 0.6 is 0 Å². The van der Waals surface area contributed by atoms with Crippen LogP contribution in [-0.2, 0) is 20.8 Å². The minimum Gasteiger partial charge on any atom is -0.452 e. The molecule has 1 aromatic heterocycles. The molecule has 2 atom stereocenters. The number of esters is 1. The van der Waals surface area contributed by atoms with Crippen LogP contribution in [0.15, 0.2) is 23.0 Å². The number of hydrogen-bond donors (Lipinski definition) is 0. The lowest BCUT2D eigenvalue weighted by Crippen LogP contribution is -2.49. The van der Waals surface area contributed by atoms with E-state index < -0.39 is 5.97 Å². The summed E-state index contributed by atoms with van der Waals surface area (Å²) in [7, 11) is 0. The van der Waals surface area contributed by atoms with Gasteiger partial charge < -0.3 is 18.9 Å². The maximum atomic E-state index is 12.4. The number of aryl methyl sites for hydroxylation is 2. The summed E-state index contributed by atoms with van der Waals surface area (Å²) >= 11 is 0. The molecule has 0 radical (unpaired) electrons. The molecule has 0 N–H and O–H groups in total. The maximum Gasteiger partial charge on any atom is 0.338 e. The van der Waals surface area contributed by atoms with E-state index in [0.29, 0.717) is 36.4 Å². The van der Waals surface area contributed by atoms with E-state index in [1.165, 1.54) is 0 Å². The number of ether oxygens (including phenoxy) is 2. The van der Waals surface area contributed by atoms with Gasteiger partial charge >= 0.3 is 5.97 Å². The molecule has 1 aromatic carbocycles. The maximum absolute atomic E-state index is 12.4. The molecule has 8 heteroatoms. The fraction of sp³-hybridized carbons (Fsp3) is 0.500. The first-order valence-corrected chi connectivity index (χ1v) is 9.41. The monoisotopic (exact) mass is 387 g/mol. The summed E-state index contributed by atoms with van der Waals surface area (Å²) in [5, 5.41) is 0. The largest absolute Gasteiger partial charge is 0.452 e. The Bertz CT molecular complexity index is 958. The number of amides is 1. The lowest BCUT2D eigenvalue weighted by Gasteiger charge is -2.35. The molecule has 0 unspecified atom stereocenters. The Morgan fingerprint density at radius 3 is 2.57 bits per heavy atom. The van der Waals surface area contributed by atoms with Crippen molar-refractivity contribution in [2.45, 2.75) is 46.4 Å². The van der Waals surface area contributed by atoms with E-state index in [1.54, 1.807) is 34.6 Å². The summed E-state index contributed by atoms with van der Waals surface area (Å²) < 4.78 is 12.4. The van der Waals surface area contributed by atoms with E-state index in [0.717, 1.165) is 0 Å². The molecule has 2 aromatic rings.